The minimum atomic E-state index is -3.70. The molecule has 1 heterocycles. The number of nitrogens with one attached hydrogen (secondary N) is 1. The number of carbonyl (C=O) groups is 1. The number of hydrogen-bond donors (Lipinski definition) is 1. The fourth-order valence-corrected chi connectivity index (χ4v) is 3.55. The van der Waals surface area contributed by atoms with Crippen LogP contribution >= 0.6 is 11.6 Å². The first-order valence-corrected chi connectivity index (χ1v) is 10.9. The molecular formula is C19H19ClN4O4S. The zero-order valence-corrected chi connectivity index (χ0v) is 17.4. The molecule has 0 saturated carbocycles. The smallest absolute Gasteiger partial charge is 0.246 e. The Morgan fingerprint density at radius 1 is 1.21 bits per heavy atom. The third kappa shape index (κ3) is 5.33. The van der Waals surface area contributed by atoms with Crippen molar-refractivity contribution in [3.05, 3.63) is 65.0 Å². The largest absolute Gasteiger partial charge is 0.345 e. The molecule has 0 saturated heterocycles. The third-order valence-corrected chi connectivity index (χ3v) is 5.62. The van der Waals surface area contributed by atoms with Crippen molar-refractivity contribution in [2.75, 3.05) is 17.1 Å². The van der Waals surface area contributed by atoms with E-state index in [1.807, 2.05) is 30.3 Å². The van der Waals surface area contributed by atoms with E-state index in [4.69, 9.17) is 16.1 Å². The third-order valence-electron chi connectivity index (χ3n) is 4.07. The van der Waals surface area contributed by atoms with Crippen LogP contribution in [-0.2, 0) is 21.4 Å². The van der Waals surface area contributed by atoms with Gasteiger partial charge in [-0.3, -0.25) is 9.10 Å². The van der Waals surface area contributed by atoms with Crippen molar-refractivity contribution >= 4 is 33.2 Å². The summed E-state index contributed by atoms with van der Waals surface area (Å²) in [5.74, 6) is 0.0926. The molecule has 10 heteroatoms. The van der Waals surface area contributed by atoms with Crippen molar-refractivity contribution in [2.45, 2.75) is 13.5 Å². The topological polar surface area (TPSA) is 105 Å². The Hall–Kier alpha value is -2.91. The van der Waals surface area contributed by atoms with Gasteiger partial charge >= 0.3 is 0 Å². The highest BCUT2D eigenvalue weighted by atomic mass is 35.5. The molecule has 0 aliphatic heterocycles. The van der Waals surface area contributed by atoms with Gasteiger partial charge in [0, 0.05) is 10.6 Å². The van der Waals surface area contributed by atoms with Crippen LogP contribution in [0.3, 0.4) is 0 Å². The molecule has 0 fully saturated rings. The van der Waals surface area contributed by atoms with Gasteiger partial charge in [0.2, 0.25) is 27.6 Å². The lowest BCUT2D eigenvalue weighted by atomic mass is 10.2. The lowest BCUT2D eigenvalue weighted by Gasteiger charge is -2.22. The average Bonchev–Trinajstić information content (AvgIpc) is 3.16. The summed E-state index contributed by atoms with van der Waals surface area (Å²) < 4.78 is 30.4. The van der Waals surface area contributed by atoms with E-state index in [0.29, 0.717) is 16.5 Å². The van der Waals surface area contributed by atoms with Gasteiger partial charge < -0.3 is 9.84 Å². The summed E-state index contributed by atoms with van der Waals surface area (Å²) in [5, 5.41) is 6.87. The maximum atomic E-state index is 12.3. The minimum Gasteiger partial charge on any atom is -0.345 e. The number of aromatic nitrogens is 2. The summed E-state index contributed by atoms with van der Waals surface area (Å²) in [6, 6.07) is 14.0. The van der Waals surface area contributed by atoms with Gasteiger partial charge in [-0.2, -0.15) is 4.98 Å². The number of nitrogens with zero attached hydrogens (tertiary/aromatic N) is 3. The van der Waals surface area contributed by atoms with Gasteiger partial charge in [-0.05, 0) is 24.6 Å². The molecule has 1 N–H and O–H groups in total. The van der Waals surface area contributed by atoms with Crippen LogP contribution in [0.15, 0.2) is 53.1 Å². The van der Waals surface area contributed by atoms with E-state index in [1.165, 1.54) is 6.07 Å². The van der Waals surface area contributed by atoms with Crippen LogP contribution in [0.5, 0.6) is 0 Å². The van der Waals surface area contributed by atoms with Gasteiger partial charge in [-0.15, -0.1) is 0 Å². The molecule has 1 amide bonds. The van der Waals surface area contributed by atoms with Crippen LogP contribution in [-0.4, -0.2) is 37.3 Å². The summed E-state index contributed by atoms with van der Waals surface area (Å²) in [6.45, 7) is 1.38. The Morgan fingerprint density at radius 3 is 2.59 bits per heavy atom. The van der Waals surface area contributed by atoms with Crippen LogP contribution in [0.1, 0.15) is 11.5 Å². The van der Waals surface area contributed by atoms with Crippen molar-refractivity contribution in [1.82, 2.24) is 15.5 Å². The molecule has 3 aromatic rings. The fraction of sp³-hybridized carbons (Fsp3) is 0.211. The zero-order chi connectivity index (χ0) is 21.0. The van der Waals surface area contributed by atoms with E-state index in [2.05, 4.69) is 15.5 Å². The SMILES string of the molecule is Cc1ccc(N(CC(=O)NCc2nc(-c3ccccc3)no2)S(C)(=O)=O)cc1Cl. The number of benzene rings is 2. The van der Waals surface area contributed by atoms with Crippen LogP contribution in [0.2, 0.25) is 5.02 Å². The van der Waals surface area contributed by atoms with Gasteiger partial charge in [0.25, 0.3) is 0 Å². The first-order chi connectivity index (χ1) is 13.7. The summed E-state index contributed by atoms with van der Waals surface area (Å²) in [5.41, 5.74) is 1.90. The normalized spacial score (nSPS) is 11.3. The number of halogens is 1. The molecule has 29 heavy (non-hydrogen) atoms. The zero-order valence-electron chi connectivity index (χ0n) is 15.8. The first-order valence-electron chi connectivity index (χ1n) is 8.62. The molecule has 0 aliphatic rings. The fourth-order valence-electron chi connectivity index (χ4n) is 2.53. The molecule has 2 aromatic carbocycles. The lowest BCUT2D eigenvalue weighted by Crippen LogP contribution is -2.40. The second-order valence-electron chi connectivity index (χ2n) is 6.36. The van der Waals surface area contributed by atoms with Crippen LogP contribution in [0.25, 0.3) is 11.4 Å². The molecule has 0 unspecified atom stereocenters. The standard InChI is InChI=1S/C19H19ClN4O4S/c1-13-8-9-15(10-16(13)20)24(29(2,26)27)12-17(25)21-11-18-22-19(23-28-18)14-6-4-3-5-7-14/h3-10H,11-12H2,1-2H3,(H,21,25). The molecule has 0 atom stereocenters. The van der Waals surface area contributed by atoms with Crippen LogP contribution in [0, 0.1) is 6.92 Å². The van der Waals surface area contributed by atoms with Crippen molar-refractivity contribution in [1.29, 1.82) is 0 Å². The van der Waals surface area contributed by atoms with E-state index < -0.39 is 22.5 Å². The Labute approximate surface area is 173 Å². The van der Waals surface area contributed by atoms with Gasteiger partial charge in [-0.25, -0.2) is 8.42 Å². The predicted molar refractivity (Wildman–Crippen MR) is 110 cm³/mol. The van der Waals surface area contributed by atoms with Crippen molar-refractivity contribution in [3.63, 3.8) is 0 Å². The van der Waals surface area contributed by atoms with Gasteiger partial charge in [-0.1, -0.05) is 53.2 Å². The van der Waals surface area contributed by atoms with E-state index in [0.717, 1.165) is 21.7 Å². The summed E-state index contributed by atoms with van der Waals surface area (Å²) in [7, 11) is -3.70. The van der Waals surface area contributed by atoms with E-state index in [-0.39, 0.29) is 12.4 Å². The number of sulfonamides is 1. The highest BCUT2D eigenvalue weighted by molar-refractivity contribution is 7.92. The second-order valence-corrected chi connectivity index (χ2v) is 8.67. The molecule has 1 aromatic heterocycles. The molecule has 8 nitrogen and oxygen atoms in total. The number of hydrogen-bond acceptors (Lipinski definition) is 6. The highest BCUT2D eigenvalue weighted by Crippen LogP contribution is 2.24. The van der Waals surface area contributed by atoms with Gasteiger partial charge in [0.1, 0.15) is 6.54 Å². The quantitative estimate of drug-likeness (QED) is 0.613. The Kier molecular flexibility index (Phi) is 6.19. The van der Waals surface area contributed by atoms with Gasteiger partial charge in [0.15, 0.2) is 0 Å². The minimum absolute atomic E-state index is 0.0229. The Morgan fingerprint density at radius 2 is 1.93 bits per heavy atom. The van der Waals surface area contributed by atoms with Crippen LogP contribution in [0.4, 0.5) is 5.69 Å². The maximum absolute atomic E-state index is 12.3. The molecule has 0 radical (unpaired) electrons. The van der Waals surface area contributed by atoms with Crippen molar-refractivity contribution in [3.8, 4) is 11.4 Å². The van der Waals surface area contributed by atoms with Gasteiger partial charge in [0.05, 0.1) is 18.5 Å². The highest BCUT2D eigenvalue weighted by Gasteiger charge is 2.21. The summed E-state index contributed by atoms with van der Waals surface area (Å²) >= 11 is 6.09. The predicted octanol–water partition coefficient (Wildman–Crippen LogP) is 2.78. The van der Waals surface area contributed by atoms with Crippen molar-refractivity contribution < 1.29 is 17.7 Å². The molecule has 3 rings (SSSR count). The Balaban J connectivity index is 1.67. The number of amides is 1. The summed E-state index contributed by atoms with van der Waals surface area (Å²) in [4.78, 5) is 16.6. The first kappa shape index (κ1) is 20.8. The summed E-state index contributed by atoms with van der Waals surface area (Å²) in [6.07, 6.45) is 1.03. The van der Waals surface area contributed by atoms with Crippen molar-refractivity contribution in [2.24, 2.45) is 0 Å². The number of rotatable bonds is 7. The molecule has 0 bridgehead atoms. The molecule has 152 valence electrons. The lowest BCUT2D eigenvalue weighted by molar-refractivity contribution is -0.119. The second kappa shape index (κ2) is 8.62. The van der Waals surface area contributed by atoms with E-state index in [1.54, 1.807) is 19.1 Å². The monoisotopic (exact) mass is 434 g/mol. The number of anilines is 1. The Bertz CT molecular complexity index is 1120. The maximum Gasteiger partial charge on any atom is 0.246 e. The number of aryl methyl sites for hydroxylation is 1. The molecular weight excluding hydrogens is 416 g/mol. The average molecular weight is 435 g/mol. The molecule has 0 spiro atoms. The molecule has 0 aliphatic carbocycles. The number of carbonyl (C=O) groups excluding carboxylic acids is 1. The van der Waals surface area contributed by atoms with E-state index in [9.17, 15) is 13.2 Å². The van der Waals surface area contributed by atoms with E-state index >= 15 is 0 Å². The van der Waals surface area contributed by atoms with Crippen LogP contribution < -0.4 is 9.62 Å².